The van der Waals surface area contributed by atoms with E-state index in [2.05, 4.69) is 20.5 Å². The molecule has 0 aromatic rings. The largest absolute Gasteiger partial charge is 0.380 e. The lowest BCUT2D eigenvalue weighted by Crippen LogP contribution is -2.42. The zero-order chi connectivity index (χ0) is 17.6. The summed E-state index contributed by atoms with van der Waals surface area (Å²) >= 11 is 0. The number of carbonyl (C=O) groups is 1. The lowest BCUT2D eigenvalue weighted by molar-refractivity contribution is -0.127. The van der Waals surface area contributed by atoms with E-state index in [9.17, 15) is 4.79 Å². The number of aliphatic imine (C=N–C) groups is 1. The summed E-state index contributed by atoms with van der Waals surface area (Å²) in [5.41, 5.74) is 0. The fourth-order valence-corrected chi connectivity index (χ4v) is 2.18. The van der Waals surface area contributed by atoms with Crippen molar-refractivity contribution in [1.82, 2.24) is 20.4 Å². The van der Waals surface area contributed by atoms with Crippen LogP contribution < -0.4 is 10.6 Å². The molecule has 1 saturated heterocycles. The van der Waals surface area contributed by atoms with Crippen LogP contribution in [0.4, 0.5) is 0 Å². The molecule has 1 heterocycles. The van der Waals surface area contributed by atoms with Crippen LogP contribution >= 0.6 is 24.0 Å². The highest BCUT2D eigenvalue weighted by atomic mass is 127. The zero-order valence-electron chi connectivity index (χ0n) is 15.8. The smallest absolute Gasteiger partial charge is 0.243 e. The molecule has 0 radical (unpaired) electrons. The molecule has 25 heavy (non-hydrogen) atoms. The van der Waals surface area contributed by atoms with Crippen LogP contribution in [-0.2, 0) is 14.3 Å². The normalized spacial score (nSPS) is 15.4. The number of nitrogens with zero attached hydrogens (tertiary/aromatic N) is 3. The molecule has 148 valence electrons. The number of hydrogen-bond acceptors (Lipinski definition) is 5. The molecular weight excluding hydrogens is 437 g/mol. The van der Waals surface area contributed by atoms with E-state index in [-0.39, 0.29) is 36.4 Å². The molecule has 0 aromatic heterocycles. The Kier molecular flexibility index (Phi) is 15.2. The van der Waals surface area contributed by atoms with Gasteiger partial charge in [-0.3, -0.25) is 9.69 Å². The summed E-state index contributed by atoms with van der Waals surface area (Å²) in [4.78, 5) is 20.0. The molecule has 0 unspecified atom stereocenters. The van der Waals surface area contributed by atoms with E-state index >= 15 is 0 Å². The Balaban J connectivity index is 0.00000576. The quantitative estimate of drug-likeness (QED) is 0.202. The van der Waals surface area contributed by atoms with E-state index in [0.717, 1.165) is 45.8 Å². The first-order valence-electron chi connectivity index (χ1n) is 8.73. The number of morpholine rings is 1. The monoisotopic (exact) mass is 471 g/mol. The van der Waals surface area contributed by atoms with Crippen molar-refractivity contribution in [3.63, 3.8) is 0 Å². The molecule has 0 aliphatic carbocycles. The van der Waals surface area contributed by atoms with Crippen LogP contribution in [0.25, 0.3) is 0 Å². The summed E-state index contributed by atoms with van der Waals surface area (Å²) in [5.74, 6) is 0.640. The highest BCUT2D eigenvalue weighted by Crippen LogP contribution is 1.97. The van der Waals surface area contributed by atoms with Crippen LogP contribution in [0.2, 0.25) is 0 Å². The number of nitrogens with one attached hydrogen (secondary N) is 2. The predicted molar refractivity (Wildman–Crippen MR) is 111 cm³/mol. The third kappa shape index (κ3) is 12.4. The van der Waals surface area contributed by atoms with Gasteiger partial charge in [0, 0.05) is 46.9 Å². The second-order valence-electron chi connectivity index (χ2n) is 5.81. The Morgan fingerprint density at radius 3 is 2.56 bits per heavy atom. The molecule has 0 aromatic carbocycles. The van der Waals surface area contributed by atoms with Gasteiger partial charge in [-0.05, 0) is 19.9 Å². The van der Waals surface area contributed by atoms with Gasteiger partial charge in [-0.15, -0.1) is 24.0 Å². The lowest BCUT2D eigenvalue weighted by Gasteiger charge is -2.26. The Hall–Kier alpha value is -0.650. The molecule has 1 fully saturated rings. The Morgan fingerprint density at radius 1 is 1.24 bits per heavy atom. The molecule has 8 nitrogen and oxygen atoms in total. The van der Waals surface area contributed by atoms with Crippen molar-refractivity contribution in [2.45, 2.75) is 13.3 Å². The van der Waals surface area contributed by atoms with Gasteiger partial charge in [-0.25, -0.2) is 4.99 Å². The molecule has 9 heteroatoms. The molecule has 1 amide bonds. The van der Waals surface area contributed by atoms with Crippen LogP contribution in [-0.4, -0.2) is 101 Å². The van der Waals surface area contributed by atoms with Gasteiger partial charge in [0.25, 0.3) is 0 Å². The van der Waals surface area contributed by atoms with Crippen molar-refractivity contribution in [2.75, 3.05) is 79.8 Å². The zero-order valence-corrected chi connectivity index (χ0v) is 18.1. The minimum absolute atomic E-state index is 0. The van der Waals surface area contributed by atoms with E-state index in [1.165, 1.54) is 0 Å². The summed E-state index contributed by atoms with van der Waals surface area (Å²) in [7, 11) is 3.46. The molecular formula is C16H34IN5O3. The molecule has 0 bridgehead atoms. The van der Waals surface area contributed by atoms with Gasteiger partial charge in [-0.1, -0.05) is 0 Å². The van der Waals surface area contributed by atoms with E-state index in [0.29, 0.717) is 25.7 Å². The molecule has 2 N–H and O–H groups in total. The van der Waals surface area contributed by atoms with Crippen LogP contribution in [0, 0.1) is 0 Å². The SMILES string of the molecule is CCOCCNC(=NCC(=O)N(C)C)NCCCN1CCOCC1.I. The van der Waals surface area contributed by atoms with Crippen LogP contribution in [0.5, 0.6) is 0 Å². The Morgan fingerprint density at radius 2 is 1.92 bits per heavy atom. The van der Waals surface area contributed by atoms with Gasteiger partial charge >= 0.3 is 0 Å². The maximum Gasteiger partial charge on any atom is 0.243 e. The van der Waals surface area contributed by atoms with Crippen molar-refractivity contribution in [3.8, 4) is 0 Å². The number of ether oxygens (including phenoxy) is 2. The van der Waals surface area contributed by atoms with Crippen LogP contribution in [0.1, 0.15) is 13.3 Å². The lowest BCUT2D eigenvalue weighted by atomic mass is 10.3. The molecule has 0 spiro atoms. The van der Waals surface area contributed by atoms with Crippen molar-refractivity contribution in [2.24, 2.45) is 4.99 Å². The fourth-order valence-electron chi connectivity index (χ4n) is 2.18. The number of likely N-dealkylation sites (N-methyl/N-ethyl adjacent to an activating group) is 1. The number of hydrogen-bond donors (Lipinski definition) is 2. The van der Waals surface area contributed by atoms with E-state index in [4.69, 9.17) is 9.47 Å². The van der Waals surface area contributed by atoms with Crippen molar-refractivity contribution in [3.05, 3.63) is 0 Å². The van der Waals surface area contributed by atoms with E-state index in [1.54, 1.807) is 19.0 Å². The predicted octanol–water partition coefficient (Wildman–Crippen LogP) is -0.0134. The first kappa shape index (κ1) is 24.4. The van der Waals surface area contributed by atoms with Crippen molar-refractivity contribution in [1.29, 1.82) is 0 Å². The van der Waals surface area contributed by atoms with Gasteiger partial charge in [0.05, 0.1) is 19.8 Å². The Labute approximate surface area is 168 Å². The molecule has 1 aliphatic rings. The highest BCUT2D eigenvalue weighted by molar-refractivity contribution is 14.0. The van der Waals surface area contributed by atoms with Crippen LogP contribution in [0.3, 0.4) is 0 Å². The van der Waals surface area contributed by atoms with Crippen LogP contribution in [0.15, 0.2) is 4.99 Å². The molecule has 0 atom stereocenters. The van der Waals surface area contributed by atoms with Gasteiger partial charge in [0.1, 0.15) is 6.54 Å². The molecule has 0 saturated carbocycles. The number of guanidine groups is 1. The third-order valence-electron chi connectivity index (χ3n) is 3.66. The second-order valence-corrected chi connectivity index (χ2v) is 5.81. The Bertz CT molecular complexity index is 377. The second kappa shape index (κ2) is 15.6. The minimum Gasteiger partial charge on any atom is -0.380 e. The summed E-state index contributed by atoms with van der Waals surface area (Å²) in [5, 5.41) is 6.48. The number of carbonyl (C=O) groups excluding carboxylic acids is 1. The van der Waals surface area contributed by atoms with Gasteiger partial charge in [-0.2, -0.15) is 0 Å². The summed E-state index contributed by atoms with van der Waals surface area (Å²) in [6.45, 7) is 9.60. The summed E-state index contributed by atoms with van der Waals surface area (Å²) in [6.07, 6.45) is 1.02. The highest BCUT2D eigenvalue weighted by Gasteiger charge is 2.09. The van der Waals surface area contributed by atoms with Crippen molar-refractivity contribution < 1.29 is 14.3 Å². The number of halogens is 1. The molecule has 1 aliphatic heterocycles. The third-order valence-corrected chi connectivity index (χ3v) is 3.66. The van der Waals surface area contributed by atoms with Gasteiger partial charge < -0.3 is 25.0 Å². The average Bonchev–Trinajstić information content (AvgIpc) is 2.59. The standard InChI is InChI=1S/C16H33N5O3.HI/c1-4-23-11-7-18-16(19-14-15(22)20(2)3)17-6-5-8-21-9-12-24-13-10-21;/h4-14H2,1-3H3,(H2,17,18,19);1H. The summed E-state index contributed by atoms with van der Waals surface area (Å²) < 4.78 is 10.7. The fraction of sp³-hybridized carbons (Fsp3) is 0.875. The maximum absolute atomic E-state index is 11.7. The maximum atomic E-state index is 11.7. The van der Waals surface area contributed by atoms with Gasteiger partial charge in [0.15, 0.2) is 5.96 Å². The average molecular weight is 471 g/mol. The van der Waals surface area contributed by atoms with E-state index in [1.807, 2.05) is 6.92 Å². The number of amides is 1. The minimum atomic E-state index is -0.0192. The van der Waals surface area contributed by atoms with Gasteiger partial charge in [0.2, 0.25) is 5.91 Å². The summed E-state index contributed by atoms with van der Waals surface area (Å²) in [6, 6.07) is 0. The topological polar surface area (TPSA) is 78.4 Å². The number of rotatable bonds is 10. The van der Waals surface area contributed by atoms with E-state index < -0.39 is 0 Å². The first-order chi connectivity index (χ1) is 11.6. The molecule has 1 rings (SSSR count). The van der Waals surface area contributed by atoms with Crippen molar-refractivity contribution >= 4 is 35.8 Å². The first-order valence-corrected chi connectivity index (χ1v) is 8.73.